The van der Waals surface area contributed by atoms with Crippen LogP contribution < -0.4 is 21.3 Å². The number of piperazine rings is 1. The first kappa shape index (κ1) is 26.7. The van der Waals surface area contributed by atoms with Gasteiger partial charge in [0, 0.05) is 75.2 Å². The van der Waals surface area contributed by atoms with E-state index < -0.39 is 5.91 Å². The molecule has 1 saturated heterocycles. The third-order valence-corrected chi connectivity index (χ3v) is 7.03. The van der Waals surface area contributed by atoms with E-state index in [4.69, 9.17) is 5.73 Å². The molecule has 4 aromatic rings. The lowest BCUT2D eigenvalue weighted by Crippen LogP contribution is -2.48. The third-order valence-electron chi connectivity index (χ3n) is 7.03. The molecule has 9 heteroatoms. The summed E-state index contributed by atoms with van der Waals surface area (Å²) in [5, 5.41) is 6.67. The highest BCUT2D eigenvalue weighted by Gasteiger charge is 2.20. The molecule has 0 unspecified atom stereocenters. The maximum Gasteiger partial charge on any atom is 0.252 e. The van der Waals surface area contributed by atoms with Gasteiger partial charge in [-0.05, 0) is 59.2 Å². The summed E-state index contributed by atoms with van der Waals surface area (Å²) in [6.07, 6.45) is 5.59. The van der Waals surface area contributed by atoms with Crippen molar-refractivity contribution in [2.75, 3.05) is 41.7 Å². The van der Waals surface area contributed by atoms with Crippen molar-refractivity contribution >= 4 is 34.7 Å². The van der Waals surface area contributed by atoms with Gasteiger partial charge in [-0.1, -0.05) is 25.1 Å². The van der Waals surface area contributed by atoms with E-state index in [0.29, 0.717) is 30.0 Å². The highest BCUT2D eigenvalue weighted by molar-refractivity contribution is 5.98. The first-order valence-electron chi connectivity index (χ1n) is 13.4. The van der Waals surface area contributed by atoms with Gasteiger partial charge in [-0.15, -0.1) is 0 Å². The van der Waals surface area contributed by atoms with Crippen molar-refractivity contribution in [3.63, 3.8) is 0 Å². The number of nitrogens with zero attached hydrogens (tertiary/aromatic N) is 4. The van der Waals surface area contributed by atoms with Crippen molar-refractivity contribution in [1.29, 1.82) is 0 Å². The Morgan fingerprint density at radius 3 is 2.38 bits per heavy atom. The maximum atomic E-state index is 12.1. The number of rotatable bonds is 9. The summed E-state index contributed by atoms with van der Waals surface area (Å²) in [6, 6.07) is 22.1. The van der Waals surface area contributed by atoms with Gasteiger partial charge in [0.1, 0.15) is 5.82 Å². The number of benzene rings is 2. The van der Waals surface area contributed by atoms with E-state index in [0.717, 1.165) is 54.2 Å². The van der Waals surface area contributed by atoms with Crippen LogP contribution in [0.25, 0.3) is 11.1 Å². The molecule has 2 aromatic carbocycles. The van der Waals surface area contributed by atoms with Crippen LogP contribution in [0.15, 0.2) is 85.3 Å². The number of nitrogens with one attached hydrogen (secondary N) is 2. The normalized spacial score (nSPS) is 13.1. The van der Waals surface area contributed by atoms with Crippen molar-refractivity contribution in [3.05, 3.63) is 96.4 Å². The first-order chi connectivity index (χ1) is 19.5. The quantitative estimate of drug-likeness (QED) is 0.285. The monoisotopic (exact) mass is 535 g/mol. The SMILES string of the molecule is CCC(=O)N1CCN(c2ccc(Nc3cc(NCc4cccc(-c5ccncc5)c4)c(C(N)=O)cn3)cc2)CC1. The number of amides is 2. The molecule has 1 fully saturated rings. The molecule has 2 aromatic heterocycles. The molecule has 1 aliphatic rings. The smallest absolute Gasteiger partial charge is 0.252 e. The molecule has 0 saturated carbocycles. The minimum atomic E-state index is -0.544. The Morgan fingerprint density at radius 2 is 1.68 bits per heavy atom. The summed E-state index contributed by atoms with van der Waals surface area (Å²) < 4.78 is 0. The van der Waals surface area contributed by atoms with Gasteiger partial charge in [0.2, 0.25) is 5.91 Å². The van der Waals surface area contributed by atoms with Crippen LogP contribution >= 0.6 is 0 Å². The fourth-order valence-corrected chi connectivity index (χ4v) is 4.81. The lowest BCUT2D eigenvalue weighted by atomic mass is 10.0. The van der Waals surface area contributed by atoms with Crippen LogP contribution in [-0.2, 0) is 11.3 Å². The highest BCUT2D eigenvalue weighted by Crippen LogP contribution is 2.26. The minimum absolute atomic E-state index is 0.210. The molecule has 4 N–H and O–H groups in total. The Balaban J connectivity index is 1.25. The van der Waals surface area contributed by atoms with Crippen molar-refractivity contribution in [1.82, 2.24) is 14.9 Å². The number of anilines is 4. The zero-order valence-corrected chi connectivity index (χ0v) is 22.5. The Hall–Kier alpha value is -4.92. The van der Waals surface area contributed by atoms with Crippen LogP contribution in [0.4, 0.5) is 22.9 Å². The van der Waals surface area contributed by atoms with Crippen molar-refractivity contribution in [3.8, 4) is 11.1 Å². The van der Waals surface area contributed by atoms with Crippen LogP contribution in [0, 0.1) is 0 Å². The van der Waals surface area contributed by atoms with Crippen LogP contribution in [0.5, 0.6) is 0 Å². The average Bonchev–Trinajstić information content (AvgIpc) is 3.00. The van der Waals surface area contributed by atoms with Gasteiger partial charge < -0.3 is 26.2 Å². The molecule has 3 heterocycles. The van der Waals surface area contributed by atoms with E-state index in [1.165, 1.54) is 6.20 Å². The predicted molar refractivity (Wildman–Crippen MR) is 159 cm³/mol. The lowest BCUT2D eigenvalue weighted by molar-refractivity contribution is -0.131. The molecule has 2 amide bonds. The van der Waals surface area contributed by atoms with Gasteiger partial charge in [0.15, 0.2) is 0 Å². The van der Waals surface area contributed by atoms with Crippen LogP contribution in [0.3, 0.4) is 0 Å². The van der Waals surface area contributed by atoms with E-state index in [-0.39, 0.29) is 5.91 Å². The summed E-state index contributed by atoms with van der Waals surface area (Å²) >= 11 is 0. The minimum Gasteiger partial charge on any atom is -0.380 e. The van der Waals surface area contributed by atoms with Gasteiger partial charge in [0.25, 0.3) is 5.91 Å². The van der Waals surface area contributed by atoms with E-state index >= 15 is 0 Å². The molecule has 0 radical (unpaired) electrons. The molecule has 40 heavy (non-hydrogen) atoms. The van der Waals surface area contributed by atoms with Gasteiger partial charge in [-0.2, -0.15) is 0 Å². The van der Waals surface area contributed by atoms with Crippen LogP contribution in [0.2, 0.25) is 0 Å². The molecule has 0 atom stereocenters. The topological polar surface area (TPSA) is 116 Å². The molecular weight excluding hydrogens is 502 g/mol. The molecule has 9 nitrogen and oxygen atoms in total. The Bertz CT molecular complexity index is 1470. The molecule has 0 spiro atoms. The van der Waals surface area contributed by atoms with Crippen molar-refractivity contribution in [2.24, 2.45) is 5.73 Å². The summed E-state index contributed by atoms with van der Waals surface area (Å²) in [4.78, 5) is 36.8. The lowest BCUT2D eigenvalue weighted by Gasteiger charge is -2.36. The molecule has 204 valence electrons. The zero-order valence-electron chi connectivity index (χ0n) is 22.5. The Kier molecular flexibility index (Phi) is 8.20. The Labute approximate surface area is 234 Å². The molecule has 5 rings (SSSR count). The van der Waals surface area contributed by atoms with Crippen LogP contribution in [0.1, 0.15) is 29.3 Å². The Morgan fingerprint density at radius 1 is 0.925 bits per heavy atom. The summed E-state index contributed by atoms with van der Waals surface area (Å²) in [7, 11) is 0. The number of pyridine rings is 2. The fourth-order valence-electron chi connectivity index (χ4n) is 4.81. The van der Waals surface area contributed by atoms with E-state index in [1.807, 2.05) is 48.2 Å². The van der Waals surface area contributed by atoms with Gasteiger partial charge >= 0.3 is 0 Å². The number of primary amides is 1. The number of nitrogens with two attached hydrogens (primary N) is 1. The molecule has 0 bridgehead atoms. The largest absolute Gasteiger partial charge is 0.380 e. The summed E-state index contributed by atoms with van der Waals surface area (Å²) in [5.41, 5.74) is 11.8. The molecular formula is C31H33N7O2. The number of carbonyl (C=O) groups excluding carboxylic acids is 2. The number of aromatic nitrogens is 2. The van der Waals surface area contributed by atoms with Crippen LogP contribution in [-0.4, -0.2) is 52.9 Å². The molecule has 0 aliphatic carbocycles. The number of carbonyl (C=O) groups is 2. The second kappa shape index (κ2) is 12.3. The van der Waals surface area contributed by atoms with E-state index in [1.54, 1.807) is 18.5 Å². The van der Waals surface area contributed by atoms with Gasteiger partial charge in [-0.25, -0.2) is 4.98 Å². The van der Waals surface area contributed by atoms with Crippen molar-refractivity contribution < 1.29 is 9.59 Å². The molecule has 1 aliphatic heterocycles. The third kappa shape index (κ3) is 6.37. The fraction of sp³-hybridized carbons (Fsp3) is 0.226. The second-order valence-electron chi connectivity index (χ2n) is 9.66. The predicted octanol–water partition coefficient (Wildman–Crippen LogP) is 4.66. The number of hydrogen-bond acceptors (Lipinski definition) is 7. The van der Waals surface area contributed by atoms with Gasteiger partial charge in [-0.3, -0.25) is 14.6 Å². The average molecular weight is 536 g/mol. The maximum absolute atomic E-state index is 12.1. The summed E-state index contributed by atoms with van der Waals surface area (Å²) in [6.45, 7) is 5.52. The zero-order chi connectivity index (χ0) is 27.9. The standard InChI is InChI=1S/C31H33N7O2/c1-2-30(39)38-16-14-37(15-17-38)26-8-6-25(7-9-26)36-29-19-28(27(21-35-29)31(32)40)34-20-22-4-3-5-24(18-22)23-10-12-33-13-11-23/h3-13,18-19,21H,2,14-17,20H2,1H3,(H2,32,40)(H2,34,35,36). The van der Waals surface area contributed by atoms with Crippen molar-refractivity contribution in [2.45, 2.75) is 19.9 Å². The van der Waals surface area contributed by atoms with Gasteiger partial charge in [0.05, 0.1) is 11.3 Å². The highest BCUT2D eigenvalue weighted by atomic mass is 16.2. The second-order valence-corrected chi connectivity index (χ2v) is 9.66. The summed E-state index contributed by atoms with van der Waals surface area (Å²) in [5.74, 6) is 0.260. The van der Waals surface area contributed by atoms with E-state index in [9.17, 15) is 9.59 Å². The van der Waals surface area contributed by atoms with E-state index in [2.05, 4.69) is 49.8 Å². The first-order valence-corrected chi connectivity index (χ1v) is 13.4. The number of hydrogen-bond donors (Lipinski definition) is 3.